The van der Waals surface area contributed by atoms with Crippen LogP contribution < -0.4 is 14.7 Å². The first-order chi connectivity index (χ1) is 15.5. The number of rotatable bonds is 7. The summed E-state index contributed by atoms with van der Waals surface area (Å²) < 4.78 is 16.8. The van der Waals surface area contributed by atoms with Crippen LogP contribution >= 0.6 is 0 Å². The summed E-state index contributed by atoms with van der Waals surface area (Å²) >= 11 is 0. The summed E-state index contributed by atoms with van der Waals surface area (Å²) in [6, 6.07) is 18.9. The van der Waals surface area contributed by atoms with Gasteiger partial charge in [-0.1, -0.05) is 23.4 Å². The van der Waals surface area contributed by atoms with Crippen molar-refractivity contribution in [1.29, 1.82) is 0 Å². The van der Waals surface area contributed by atoms with Crippen molar-refractivity contribution < 1.29 is 29.5 Å². The molecule has 1 atom stereocenters. The van der Waals surface area contributed by atoms with E-state index < -0.39 is 5.23 Å². The van der Waals surface area contributed by atoms with Gasteiger partial charge >= 0.3 is 0 Å². The Morgan fingerprint density at radius 3 is 2.47 bits per heavy atom. The van der Waals surface area contributed by atoms with Gasteiger partial charge in [0, 0.05) is 23.8 Å². The van der Waals surface area contributed by atoms with Gasteiger partial charge in [0.25, 0.3) is 0 Å². The number of ether oxygens (including phenoxy) is 2. The molecule has 3 aromatic carbocycles. The van der Waals surface area contributed by atoms with Gasteiger partial charge < -0.3 is 24.3 Å². The minimum atomic E-state index is -0.979. The molecule has 8 nitrogen and oxygen atoms in total. The van der Waals surface area contributed by atoms with E-state index in [4.69, 9.17) is 19.2 Å². The molecule has 164 valence electrons. The summed E-state index contributed by atoms with van der Waals surface area (Å²) in [4.78, 5) is 0. The van der Waals surface area contributed by atoms with Crippen LogP contribution in [0.3, 0.4) is 0 Å². The first kappa shape index (κ1) is 21.4. The number of quaternary nitrogens is 1. The van der Waals surface area contributed by atoms with Crippen LogP contribution in [-0.4, -0.2) is 22.6 Å². The highest BCUT2D eigenvalue weighted by atomic mass is 16.8. The summed E-state index contributed by atoms with van der Waals surface area (Å²) in [5, 5.41) is 33.7. The molecule has 0 saturated heterocycles. The van der Waals surface area contributed by atoms with E-state index in [9.17, 15) is 10.3 Å². The molecule has 0 aliphatic carbocycles. The molecule has 0 bridgehead atoms. The number of aryl methyl sites for hydroxylation is 1. The Hall–Kier alpha value is -3.85. The molecule has 1 aromatic heterocycles. The van der Waals surface area contributed by atoms with E-state index in [0.717, 1.165) is 16.7 Å². The van der Waals surface area contributed by atoms with Crippen LogP contribution in [0.1, 0.15) is 11.3 Å². The molecule has 0 spiro atoms. The lowest BCUT2D eigenvalue weighted by Crippen LogP contribution is -2.99. The number of nitrogens with one attached hydrogen (secondary N) is 1. The Morgan fingerprint density at radius 2 is 1.78 bits per heavy atom. The maximum atomic E-state index is 11.0. The fourth-order valence-electron chi connectivity index (χ4n) is 3.43. The number of phenols is 1. The van der Waals surface area contributed by atoms with Crippen molar-refractivity contribution in [2.45, 2.75) is 13.5 Å². The van der Waals surface area contributed by atoms with E-state index in [-0.39, 0.29) is 18.0 Å². The SMILES string of the molecule is COc1ccccc1-c1c(C)noc1-c1ccc(OCc2ccc([NH+]([O-])O)cc2)cc1O. The Labute approximate surface area is 184 Å². The van der Waals surface area contributed by atoms with Crippen LogP contribution in [0.4, 0.5) is 5.69 Å². The van der Waals surface area contributed by atoms with Crippen LogP contribution in [0.2, 0.25) is 0 Å². The molecular weight excluding hydrogens is 412 g/mol. The Kier molecular flexibility index (Phi) is 6.09. The molecule has 0 radical (unpaired) electrons. The fraction of sp³-hybridized carbons (Fsp3) is 0.125. The number of hydrogen-bond acceptors (Lipinski definition) is 7. The van der Waals surface area contributed by atoms with Gasteiger partial charge in [-0.2, -0.15) is 5.23 Å². The van der Waals surface area contributed by atoms with E-state index in [0.29, 0.717) is 28.5 Å². The maximum absolute atomic E-state index is 11.0. The van der Waals surface area contributed by atoms with Crippen molar-refractivity contribution in [2.75, 3.05) is 7.11 Å². The quantitative estimate of drug-likeness (QED) is 0.377. The summed E-state index contributed by atoms with van der Waals surface area (Å²) in [6.45, 7) is 2.06. The molecular formula is C24H22N2O6. The van der Waals surface area contributed by atoms with E-state index in [1.165, 1.54) is 18.2 Å². The largest absolute Gasteiger partial charge is 0.595 e. The third kappa shape index (κ3) is 4.28. The topological polar surface area (TPSA) is 112 Å². The van der Waals surface area contributed by atoms with Gasteiger partial charge in [-0.25, -0.2) is 5.21 Å². The van der Waals surface area contributed by atoms with Crippen LogP contribution in [-0.2, 0) is 6.61 Å². The molecule has 1 heterocycles. The molecule has 0 aliphatic heterocycles. The molecule has 32 heavy (non-hydrogen) atoms. The fourth-order valence-corrected chi connectivity index (χ4v) is 3.43. The average Bonchev–Trinajstić information content (AvgIpc) is 3.18. The maximum Gasteiger partial charge on any atom is 0.178 e. The van der Waals surface area contributed by atoms with Crippen molar-refractivity contribution in [1.82, 2.24) is 5.16 Å². The highest BCUT2D eigenvalue weighted by Gasteiger charge is 2.22. The van der Waals surface area contributed by atoms with Gasteiger partial charge in [-0.05, 0) is 42.8 Å². The van der Waals surface area contributed by atoms with Crippen molar-refractivity contribution >= 4 is 5.69 Å². The monoisotopic (exact) mass is 434 g/mol. The van der Waals surface area contributed by atoms with Gasteiger partial charge in [0.1, 0.15) is 23.9 Å². The normalized spacial score (nSPS) is 11.9. The van der Waals surface area contributed by atoms with Crippen LogP contribution in [0, 0.1) is 12.1 Å². The van der Waals surface area contributed by atoms with E-state index in [1.807, 2.05) is 31.2 Å². The Morgan fingerprint density at radius 1 is 1.03 bits per heavy atom. The second kappa shape index (κ2) is 9.11. The summed E-state index contributed by atoms with van der Waals surface area (Å²) in [7, 11) is 1.60. The Balaban J connectivity index is 1.58. The molecule has 0 aliphatic rings. The third-order valence-corrected chi connectivity index (χ3v) is 5.06. The third-order valence-electron chi connectivity index (χ3n) is 5.06. The Bertz CT molecular complexity index is 1220. The number of phenolic OH excluding ortho intramolecular Hbond substituents is 1. The van der Waals surface area contributed by atoms with Crippen LogP contribution in [0.25, 0.3) is 22.5 Å². The highest BCUT2D eigenvalue weighted by Crippen LogP contribution is 2.42. The lowest BCUT2D eigenvalue weighted by atomic mass is 9.98. The zero-order valence-corrected chi connectivity index (χ0v) is 17.5. The van der Waals surface area contributed by atoms with Gasteiger partial charge in [0.15, 0.2) is 11.4 Å². The van der Waals surface area contributed by atoms with E-state index >= 15 is 0 Å². The van der Waals surface area contributed by atoms with Crippen molar-refractivity contribution in [3.8, 4) is 39.7 Å². The number of nitrogens with zero attached hydrogens (tertiary/aromatic N) is 1. The average molecular weight is 434 g/mol. The minimum absolute atomic E-state index is 0.0176. The van der Waals surface area contributed by atoms with Gasteiger partial charge in [0.05, 0.1) is 23.9 Å². The smallest absolute Gasteiger partial charge is 0.178 e. The van der Waals surface area contributed by atoms with Crippen molar-refractivity contribution in [3.05, 3.63) is 83.2 Å². The second-order valence-corrected chi connectivity index (χ2v) is 7.14. The molecule has 3 N–H and O–H groups in total. The zero-order chi connectivity index (χ0) is 22.7. The lowest BCUT2D eigenvalue weighted by Gasteiger charge is -2.12. The summed E-state index contributed by atoms with van der Waals surface area (Å²) in [5.74, 6) is 1.55. The lowest BCUT2D eigenvalue weighted by molar-refractivity contribution is -0.991. The first-order valence-electron chi connectivity index (χ1n) is 9.86. The van der Waals surface area contributed by atoms with E-state index in [1.54, 1.807) is 31.4 Å². The molecule has 0 saturated carbocycles. The number of para-hydroxylation sites is 1. The molecule has 0 amide bonds. The summed E-state index contributed by atoms with van der Waals surface area (Å²) in [6.07, 6.45) is 0. The molecule has 1 unspecified atom stereocenters. The van der Waals surface area contributed by atoms with Gasteiger partial charge in [-0.3, -0.25) is 0 Å². The van der Waals surface area contributed by atoms with Crippen molar-refractivity contribution in [2.24, 2.45) is 0 Å². The predicted octanol–water partition coefficient (Wildman–Crippen LogP) is 4.01. The summed E-state index contributed by atoms with van der Waals surface area (Å²) in [5.41, 5.74) is 3.73. The minimum Gasteiger partial charge on any atom is -0.595 e. The second-order valence-electron chi connectivity index (χ2n) is 7.14. The molecule has 0 fully saturated rings. The van der Waals surface area contributed by atoms with Crippen LogP contribution in [0.15, 0.2) is 71.3 Å². The molecule has 8 heteroatoms. The number of methoxy groups -OCH3 is 1. The van der Waals surface area contributed by atoms with Gasteiger partial charge in [0.2, 0.25) is 0 Å². The number of aromatic nitrogens is 1. The first-order valence-corrected chi connectivity index (χ1v) is 9.86. The van der Waals surface area contributed by atoms with Gasteiger partial charge in [-0.15, -0.1) is 0 Å². The number of aromatic hydroxyl groups is 1. The molecule has 4 aromatic rings. The van der Waals surface area contributed by atoms with E-state index in [2.05, 4.69) is 5.16 Å². The molecule has 4 rings (SSSR count). The predicted molar refractivity (Wildman–Crippen MR) is 117 cm³/mol. The highest BCUT2D eigenvalue weighted by molar-refractivity contribution is 5.86. The standard InChI is InChI=1S/C24H22N2O6/c1-15-23(20-5-3-4-6-22(20)30-2)24(32-25-15)19-12-11-18(13-21(19)27)31-14-16-7-9-17(10-8-16)26(28)29/h3-13,26-28H,14H2,1-2H3. The van der Waals surface area contributed by atoms with Crippen LogP contribution in [0.5, 0.6) is 17.2 Å². The number of hydrogen-bond donors (Lipinski definition) is 3. The number of benzene rings is 3. The zero-order valence-electron chi connectivity index (χ0n) is 17.5. The van der Waals surface area contributed by atoms with Crippen molar-refractivity contribution in [3.63, 3.8) is 0 Å².